The summed E-state index contributed by atoms with van der Waals surface area (Å²) in [6.07, 6.45) is 2.81. The molecule has 0 aliphatic heterocycles. The lowest BCUT2D eigenvalue weighted by atomic mass is 10.2. The van der Waals surface area contributed by atoms with Gasteiger partial charge in [-0.15, -0.1) is 0 Å². The average molecular weight is 345 g/mol. The van der Waals surface area contributed by atoms with E-state index in [4.69, 9.17) is 9.15 Å². The van der Waals surface area contributed by atoms with Crippen molar-refractivity contribution in [3.63, 3.8) is 0 Å². The third-order valence-electron chi connectivity index (χ3n) is 3.21. The highest BCUT2D eigenvalue weighted by Gasteiger charge is 2.11. The monoisotopic (exact) mass is 345 g/mol. The largest absolute Gasteiger partial charge is 0.495 e. The fraction of sp³-hybridized carbons (Fsp3) is 0.235. The van der Waals surface area contributed by atoms with Crippen molar-refractivity contribution in [2.24, 2.45) is 0 Å². The number of nitrogens with one attached hydrogen (secondary N) is 3. The fourth-order valence-corrected chi connectivity index (χ4v) is 2.08. The molecule has 2 aromatic rings. The Morgan fingerprint density at radius 3 is 2.60 bits per heavy atom. The van der Waals surface area contributed by atoms with Crippen molar-refractivity contribution < 1.29 is 23.5 Å². The van der Waals surface area contributed by atoms with Gasteiger partial charge in [0.25, 0.3) is 5.91 Å². The van der Waals surface area contributed by atoms with Gasteiger partial charge in [-0.3, -0.25) is 14.4 Å². The van der Waals surface area contributed by atoms with Gasteiger partial charge in [-0.05, 0) is 24.3 Å². The third-order valence-corrected chi connectivity index (χ3v) is 3.21. The highest BCUT2D eigenvalue weighted by Crippen LogP contribution is 2.27. The van der Waals surface area contributed by atoms with Crippen LogP contribution in [0.15, 0.2) is 41.2 Å². The lowest BCUT2D eigenvalue weighted by molar-refractivity contribution is -0.116. The van der Waals surface area contributed by atoms with E-state index in [9.17, 15) is 14.4 Å². The average Bonchev–Trinajstić information content (AvgIpc) is 3.09. The van der Waals surface area contributed by atoms with E-state index in [0.29, 0.717) is 22.7 Å². The van der Waals surface area contributed by atoms with Crippen LogP contribution in [0, 0.1) is 0 Å². The molecule has 1 heterocycles. The van der Waals surface area contributed by atoms with Gasteiger partial charge in [0.05, 0.1) is 24.6 Å². The number of anilines is 2. The minimum absolute atomic E-state index is 0.0805. The molecule has 0 unspecified atom stereocenters. The summed E-state index contributed by atoms with van der Waals surface area (Å²) in [6, 6.07) is 6.44. The van der Waals surface area contributed by atoms with E-state index >= 15 is 0 Å². The van der Waals surface area contributed by atoms with Crippen LogP contribution in [0.3, 0.4) is 0 Å². The maximum atomic E-state index is 12.1. The fourth-order valence-electron chi connectivity index (χ4n) is 2.08. The second-order valence-electron chi connectivity index (χ2n) is 5.16. The van der Waals surface area contributed by atoms with E-state index in [1.165, 1.54) is 32.6 Å². The SMILES string of the molecule is COc1ccc(NC(C)=O)cc1NC(=O)CCNC(=O)c1ccoc1. The number of carbonyl (C=O) groups is 3. The molecule has 0 aliphatic rings. The molecule has 1 aromatic heterocycles. The molecule has 8 heteroatoms. The van der Waals surface area contributed by atoms with E-state index in [1.54, 1.807) is 18.2 Å². The molecular formula is C17H19N3O5. The standard InChI is InChI=1S/C17H19N3O5/c1-11(21)19-13-3-4-15(24-2)14(9-13)20-16(22)5-7-18-17(23)12-6-8-25-10-12/h3-4,6,8-10H,5,7H2,1-2H3,(H,18,23)(H,19,21)(H,20,22). The summed E-state index contributed by atoms with van der Waals surface area (Å²) in [5.74, 6) is -0.369. The summed E-state index contributed by atoms with van der Waals surface area (Å²) < 4.78 is 10.0. The Morgan fingerprint density at radius 2 is 1.96 bits per heavy atom. The van der Waals surface area contributed by atoms with Crippen LogP contribution in [0.2, 0.25) is 0 Å². The lowest BCUT2D eigenvalue weighted by Crippen LogP contribution is -2.27. The number of carbonyl (C=O) groups excluding carboxylic acids is 3. The summed E-state index contributed by atoms with van der Waals surface area (Å²) in [5.41, 5.74) is 1.36. The number of rotatable bonds is 7. The molecular weight excluding hydrogens is 326 g/mol. The zero-order valence-corrected chi connectivity index (χ0v) is 13.9. The van der Waals surface area contributed by atoms with Gasteiger partial charge in [-0.2, -0.15) is 0 Å². The zero-order chi connectivity index (χ0) is 18.2. The number of methoxy groups -OCH3 is 1. The van der Waals surface area contributed by atoms with Crippen LogP contribution in [0.1, 0.15) is 23.7 Å². The number of amides is 3. The molecule has 3 N–H and O–H groups in total. The Hall–Kier alpha value is -3.29. The molecule has 0 fully saturated rings. The first-order valence-corrected chi connectivity index (χ1v) is 7.55. The normalized spacial score (nSPS) is 10.0. The molecule has 0 bridgehead atoms. The molecule has 0 radical (unpaired) electrons. The first-order chi connectivity index (χ1) is 12.0. The predicted molar refractivity (Wildman–Crippen MR) is 91.6 cm³/mol. The third kappa shape index (κ3) is 5.38. The Balaban J connectivity index is 1.90. The van der Waals surface area contributed by atoms with Crippen LogP contribution >= 0.6 is 0 Å². The number of benzene rings is 1. The van der Waals surface area contributed by atoms with Crippen LogP contribution in [-0.4, -0.2) is 31.4 Å². The van der Waals surface area contributed by atoms with Crippen molar-refractivity contribution in [2.75, 3.05) is 24.3 Å². The molecule has 3 amide bonds. The van der Waals surface area contributed by atoms with Crippen molar-refractivity contribution in [1.29, 1.82) is 0 Å². The topological polar surface area (TPSA) is 110 Å². The van der Waals surface area contributed by atoms with Crippen LogP contribution in [-0.2, 0) is 9.59 Å². The van der Waals surface area contributed by atoms with Crippen LogP contribution in [0.5, 0.6) is 5.75 Å². The lowest BCUT2D eigenvalue weighted by Gasteiger charge is -2.12. The van der Waals surface area contributed by atoms with Gasteiger partial charge in [0, 0.05) is 25.6 Å². The molecule has 2 rings (SSSR count). The molecule has 132 valence electrons. The smallest absolute Gasteiger partial charge is 0.254 e. The Labute approximate surface area is 144 Å². The van der Waals surface area contributed by atoms with Crippen molar-refractivity contribution in [3.8, 4) is 5.75 Å². The minimum atomic E-state index is -0.313. The first-order valence-electron chi connectivity index (χ1n) is 7.55. The van der Waals surface area contributed by atoms with Gasteiger partial charge in [-0.25, -0.2) is 0 Å². The minimum Gasteiger partial charge on any atom is -0.495 e. The van der Waals surface area contributed by atoms with Crippen molar-refractivity contribution >= 4 is 29.1 Å². The maximum Gasteiger partial charge on any atom is 0.254 e. The highest BCUT2D eigenvalue weighted by molar-refractivity contribution is 5.96. The molecule has 0 saturated heterocycles. The van der Waals surface area contributed by atoms with Crippen molar-refractivity contribution in [3.05, 3.63) is 42.4 Å². The number of furan rings is 1. The van der Waals surface area contributed by atoms with Gasteiger partial charge < -0.3 is 25.1 Å². The Kier molecular flexibility index (Phi) is 6.16. The second kappa shape index (κ2) is 8.53. The maximum absolute atomic E-state index is 12.1. The second-order valence-corrected chi connectivity index (χ2v) is 5.16. The molecule has 0 saturated carbocycles. The summed E-state index contributed by atoms with van der Waals surface area (Å²) in [4.78, 5) is 34.9. The summed E-state index contributed by atoms with van der Waals surface area (Å²) in [5, 5.41) is 7.95. The summed E-state index contributed by atoms with van der Waals surface area (Å²) >= 11 is 0. The van der Waals surface area contributed by atoms with E-state index < -0.39 is 0 Å². The van der Waals surface area contributed by atoms with Crippen LogP contribution in [0.4, 0.5) is 11.4 Å². The quantitative estimate of drug-likeness (QED) is 0.711. The molecule has 1 aromatic carbocycles. The number of hydrogen-bond acceptors (Lipinski definition) is 5. The van der Waals surface area contributed by atoms with Gasteiger partial charge in [0.15, 0.2) is 0 Å². The van der Waals surface area contributed by atoms with Crippen molar-refractivity contribution in [2.45, 2.75) is 13.3 Å². The summed E-state index contributed by atoms with van der Waals surface area (Å²) in [7, 11) is 1.48. The van der Waals surface area contributed by atoms with Gasteiger partial charge in [0.1, 0.15) is 12.0 Å². The van der Waals surface area contributed by atoms with E-state index in [-0.39, 0.29) is 30.7 Å². The van der Waals surface area contributed by atoms with Crippen LogP contribution < -0.4 is 20.7 Å². The van der Waals surface area contributed by atoms with E-state index in [2.05, 4.69) is 16.0 Å². The van der Waals surface area contributed by atoms with Crippen LogP contribution in [0.25, 0.3) is 0 Å². The molecule has 8 nitrogen and oxygen atoms in total. The molecule has 0 atom stereocenters. The van der Waals surface area contributed by atoms with E-state index in [0.717, 1.165) is 0 Å². The Bertz CT molecular complexity index is 756. The first kappa shape index (κ1) is 18.1. The molecule has 0 spiro atoms. The van der Waals surface area contributed by atoms with Crippen molar-refractivity contribution in [1.82, 2.24) is 5.32 Å². The number of ether oxygens (including phenoxy) is 1. The van der Waals surface area contributed by atoms with E-state index in [1.807, 2.05) is 0 Å². The van der Waals surface area contributed by atoms with Gasteiger partial charge in [0.2, 0.25) is 11.8 Å². The van der Waals surface area contributed by atoms with Gasteiger partial charge >= 0.3 is 0 Å². The van der Waals surface area contributed by atoms with Gasteiger partial charge in [-0.1, -0.05) is 0 Å². The zero-order valence-electron chi connectivity index (χ0n) is 13.9. The molecule has 25 heavy (non-hydrogen) atoms. The predicted octanol–water partition coefficient (Wildman–Crippen LogP) is 2.01. The highest BCUT2D eigenvalue weighted by atomic mass is 16.5. The summed E-state index contributed by atoms with van der Waals surface area (Å²) in [6.45, 7) is 1.56. The Morgan fingerprint density at radius 1 is 1.16 bits per heavy atom. The number of hydrogen-bond donors (Lipinski definition) is 3. The molecule has 0 aliphatic carbocycles.